The summed E-state index contributed by atoms with van der Waals surface area (Å²) in [6, 6.07) is 9.00. The lowest BCUT2D eigenvalue weighted by molar-refractivity contribution is 0.711. The van der Waals surface area contributed by atoms with E-state index in [0.29, 0.717) is 5.92 Å². The molecule has 1 atom stereocenters. The molecule has 96 valence electrons. The fourth-order valence-electron chi connectivity index (χ4n) is 1.92. The summed E-state index contributed by atoms with van der Waals surface area (Å²) in [5.74, 6) is 0.665. The number of anilines is 1. The Hall–Kier alpha value is -1.02. The summed E-state index contributed by atoms with van der Waals surface area (Å²) in [5, 5.41) is 3.18. The molecule has 0 aliphatic rings. The van der Waals surface area contributed by atoms with E-state index in [1.54, 1.807) is 0 Å². The zero-order chi connectivity index (χ0) is 12.7. The van der Waals surface area contributed by atoms with Gasteiger partial charge in [0.15, 0.2) is 0 Å². The van der Waals surface area contributed by atoms with Crippen molar-refractivity contribution >= 4 is 5.69 Å². The van der Waals surface area contributed by atoms with Gasteiger partial charge in [-0.25, -0.2) is 0 Å². The maximum atomic E-state index is 3.18. The minimum absolute atomic E-state index is 0.665. The first kappa shape index (κ1) is 14.0. The normalized spacial score (nSPS) is 12.5. The van der Waals surface area contributed by atoms with Gasteiger partial charge in [0.2, 0.25) is 0 Å². The van der Waals surface area contributed by atoms with E-state index in [4.69, 9.17) is 0 Å². The fourth-order valence-corrected chi connectivity index (χ4v) is 1.92. The molecule has 1 aromatic rings. The van der Waals surface area contributed by atoms with Crippen molar-refractivity contribution in [3.8, 4) is 0 Å². The molecule has 1 aromatic carbocycles. The van der Waals surface area contributed by atoms with Crippen LogP contribution in [0.25, 0.3) is 0 Å². The second-order valence-electron chi connectivity index (χ2n) is 4.78. The first-order valence-corrected chi connectivity index (χ1v) is 6.64. The van der Waals surface area contributed by atoms with Crippen molar-refractivity contribution in [3.63, 3.8) is 0 Å². The van der Waals surface area contributed by atoms with Gasteiger partial charge in [0, 0.05) is 19.3 Å². The van der Waals surface area contributed by atoms with Crippen molar-refractivity contribution in [3.05, 3.63) is 29.8 Å². The molecule has 0 aromatic heterocycles. The Morgan fingerprint density at radius 2 is 1.88 bits per heavy atom. The maximum absolute atomic E-state index is 3.18. The van der Waals surface area contributed by atoms with Crippen molar-refractivity contribution in [1.82, 2.24) is 5.32 Å². The topological polar surface area (TPSA) is 15.3 Å². The molecule has 0 saturated carbocycles. The molecule has 0 heterocycles. The van der Waals surface area contributed by atoms with Crippen molar-refractivity contribution in [2.45, 2.75) is 32.6 Å². The van der Waals surface area contributed by atoms with Gasteiger partial charge in [-0.1, -0.05) is 26.0 Å². The smallest absolute Gasteiger partial charge is 0.0363 e. The van der Waals surface area contributed by atoms with Gasteiger partial charge in [-0.15, -0.1) is 0 Å². The molecule has 0 aliphatic carbocycles. The Labute approximate surface area is 106 Å². The van der Waals surface area contributed by atoms with Crippen LogP contribution in [0.5, 0.6) is 0 Å². The SMILES string of the molecule is CCC(C)c1ccc(N(C)CCCNC)cc1. The van der Waals surface area contributed by atoms with Crippen LogP contribution in [0.3, 0.4) is 0 Å². The van der Waals surface area contributed by atoms with E-state index >= 15 is 0 Å². The van der Waals surface area contributed by atoms with Crippen molar-refractivity contribution < 1.29 is 0 Å². The fraction of sp³-hybridized carbons (Fsp3) is 0.600. The number of nitrogens with one attached hydrogen (secondary N) is 1. The van der Waals surface area contributed by atoms with Gasteiger partial charge in [0.05, 0.1) is 0 Å². The van der Waals surface area contributed by atoms with Crippen LogP contribution < -0.4 is 10.2 Å². The predicted molar refractivity (Wildman–Crippen MR) is 77.0 cm³/mol. The van der Waals surface area contributed by atoms with Crippen LogP contribution in [0.1, 0.15) is 38.2 Å². The first-order chi connectivity index (χ1) is 8.19. The third-order valence-corrected chi connectivity index (χ3v) is 3.44. The Bertz CT molecular complexity index is 305. The van der Waals surface area contributed by atoms with Crippen LogP contribution in [-0.2, 0) is 0 Å². The van der Waals surface area contributed by atoms with Gasteiger partial charge in [-0.3, -0.25) is 0 Å². The minimum Gasteiger partial charge on any atom is -0.375 e. The summed E-state index contributed by atoms with van der Waals surface area (Å²) in [7, 11) is 4.16. The Morgan fingerprint density at radius 3 is 2.41 bits per heavy atom. The summed E-state index contributed by atoms with van der Waals surface area (Å²) in [6.07, 6.45) is 2.39. The van der Waals surface area contributed by atoms with Crippen LogP contribution in [-0.4, -0.2) is 27.2 Å². The Morgan fingerprint density at radius 1 is 1.24 bits per heavy atom. The molecule has 17 heavy (non-hydrogen) atoms. The number of nitrogens with zero attached hydrogens (tertiary/aromatic N) is 1. The second kappa shape index (κ2) is 7.33. The summed E-state index contributed by atoms with van der Waals surface area (Å²) < 4.78 is 0. The molecule has 2 nitrogen and oxygen atoms in total. The molecule has 0 amide bonds. The van der Waals surface area contributed by atoms with Crippen LogP contribution in [0.4, 0.5) is 5.69 Å². The summed E-state index contributed by atoms with van der Waals surface area (Å²) >= 11 is 0. The van der Waals surface area contributed by atoms with E-state index in [1.807, 2.05) is 7.05 Å². The second-order valence-corrected chi connectivity index (χ2v) is 4.78. The highest BCUT2D eigenvalue weighted by molar-refractivity contribution is 5.47. The summed E-state index contributed by atoms with van der Waals surface area (Å²) in [6.45, 7) is 6.70. The van der Waals surface area contributed by atoms with E-state index in [-0.39, 0.29) is 0 Å². The maximum Gasteiger partial charge on any atom is 0.0363 e. The zero-order valence-corrected chi connectivity index (χ0v) is 11.7. The van der Waals surface area contributed by atoms with Gasteiger partial charge in [-0.2, -0.15) is 0 Å². The highest BCUT2D eigenvalue weighted by Crippen LogP contribution is 2.21. The van der Waals surface area contributed by atoms with Gasteiger partial charge in [-0.05, 0) is 50.0 Å². The highest BCUT2D eigenvalue weighted by Gasteiger charge is 2.04. The first-order valence-electron chi connectivity index (χ1n) is 6.64. The number of hydrogen-bond donors (Lipinski definition) is 1. The van der Waals surface area contributed by atoms with Crippen LogP contribution in [0.15, 0.2) is 24.3 Å². The Kier molecular flexibility index (Phi) is 6.06. The molecule has 1 rings (SSSR count). The van der Waals surface area contributed by atoms with Crippen LogP contribution in [0, 0.1) is 0 Å². The zero-order valence-electron chi connectivity index (χ0n) is 11.7. The van der Waals surface area contributed by atoms with Gasteiger partial charge in [0.1, 0.15) is 0 Å². The molecule has 0 fully saturated rings. The van der Waals surface area contributed by atoms with Gasteiger partial charge in [0.25, 0.3) is 0 Å². The predicted octanol–water partition coefficient (Wildman–Crippen LogP) is 3.25. The number of rotatable bonds is 7. The van der Waals surface area contributed by atoms with Crippen LogP contribution in [0.2, 0.25) is 0 Å². The lowest BCUT2D eigenvalue weighted by atomic mass is 9.98. The average molecular weight is 234 g/mol. The van der Waals surface area contributed by atoms with Crippen molar-refractivity contribution in [1.29, 1.82) is 0 Å². The highest BCUT2D eigenvalue weighted by atomic mass is 15.1. The standard InChI is InChI=1S/C15H26N2/c1-5-13(2)14-7-9-15(10-8-14)17(4)12-6-11-16-3/h7-10,13,16H,5-6,11-12H2,1-4H3. The third kappa shape index (κ3) is 4.39. The van der Waals surface area contributed by atoms with E-state index in [1.165, 1.54) is 24.1 Å². The molecule has 2 heteroatoms. The molecule has 0 bridgehead atoms. The van der Waals surface area contributed by atoms with Crippen molar-refractivity contribution in [2.24, 2.45) is 0 Å². The number of benzene rings is 1. The molecule has 0 spiro atoms. The molecule has 1 N–H and O–H groups in total. The van der Waals surface area contributed by atoms with Gasteiger partial charge < -0.3 is 10.2 Å². The molecule has 0 saturated heterocycles. The monoisotopic (exact) mass is 234 g/mol. The molecular weight excluding hydrogens is 208 g/mol. The lowest BCUT2D eigenvalue weighted by Gasteiger charge is -2.20. The van der Waals surface area contributed by atoms with Gasteiger partial charge >= 0.3 is 0 Å². The Balaban J connectivity index is 2.54. The van der Waals surface area contributed by atoms with E-state index in [2.05, 4.69) is 55.4 Å². The van der Waals surface area contributed by atoms with E-state index in [9.17, 15) is 0 Å². The quantitative estimate of drug-likeness (QED) is 0.729. The summed E-state index contributed by atoms with van der Waals surface area (Å²) in [4.78, 5) is 2.32. The van der Waals surface area contributed by atoms with E-state index < -0.39 is 0 Å². The minimum atomic E-state index is 0.665. The average Bonchev–Trinajstić information content (AvgIpc) is 2.38. The third-order valence-electron chi connectivity index (χ3n) is 3.44. The molecule has 0 aliphatic heterocycles. The van der Waals surface area contributed by atoms with E-state index in [0.717, 1.165) is 13.1 Å². The number of hydrogen-bond acceptors (Lipinski definition) is 2. The molecule has 0 radical (unpaired) electrons. The lowest BCUT2D eigenvalue weighted by Crippen LogP contribution is -2.22. The summed E-state index contributed by atoms with van der Waals surface area (Å²) in [5.41, 5.74) is 2.76. The molecular formula is C15H26N2. The van der Waals surface area contributed by atoms with Crippen LogP contribution >= 0.6 is 0 Å². The van der Waals surface area contributed by atoms with Crippen molar-refractivity contribution in [2.75, 3.05) is 32.1 Å². The largest absolute Gasteiger partial charge is 0.375 e. The molecule has 1 unspecified atom stereocenters.